The van der Waals surface area contributed by atoms with Crippen LogP contribution >= 0.6 is 0 Å². The molecule has 2 aliphatic heterocycles. The molecule has 0 aliphatic carbocycles. The monoisotopic (exact) mass is 518 g/mol. The summed E-state index contributed by atoms with van der Waals surface area (Å²) in [6.07, 6.45) is 2.97. The molecule has 4 rings (SSSR count). The van der Waals surface area contributed by atoms with Crippen molar-refractivity contribution in [3.63, 3.8) is 0 Å². The highest BCUT2D eigenvalue weighted by molar-refractivity contribution is 6.02. The Morgan fingerprint density at radius 3 is 2.29 bits per heavy atom. The first-order valence-electron chi connectivity index (χ1n) is 13.2. The molecule has 0 aromatic heterocycles. The molecule has 0 bridgehead atoms. The molecule has 2 heterocycles. The highest BCUT2D eigenvalue weighted by atomic mass is 16.5. The number of nitrogens with zero attached hydrogens (tertiary/aromatic N) is 2. The lowest BCUT2D eigenvalue weighted by Crippen LogP contribution is -2.67. The van der Waals surface area contributed by atoms with Gasteiger partial charge < -0.3 is 25.6 Å². The number of benzene rings is 2. The van der Waals surface area contributed by atoms with Crippen LogP contribution in [0, 0.1) is 0 Å². The smallest absolute Gasteiger partial charge is 0.247 e. The molecule has 2 atom stereocenters. The third kappa shape index (κ3) is 5.97. The number of amides is 2. The van der Waals surface area contributed by atoms with Crippen molar-refractivity contribution in [3.8, 4) is 0 Å². The average molecular weight is 519 g/mol. The first-order chi connectivity index (χ1) is 18.1. The van der Waals surface area contributed by atoms with E-state index in [0.717, 1.165) is 23.2 Å². The van der Waals surface area contributed by atoms with Crippen LogP contribution < -0.4 is 11.1 Å². The van der Waals surface area contributed by atoms with Gasteiger partial charge in [0.2, 0.25) is 11.8 Å². The summed E-state index contributed by atoms with van der Waals surface area (Å²) in [6, 6.07) is 18.6. The van der Waals surface area contributed by atoms with Gasteiger partial charge in [-0.2, -0.15) is 0 Å². The second-order valence-corrected chi connectivity index (χ2v) is 10.7. The average Bonchev–Trinajstić information content (AvgIpc) is 3.18. The minimum absolute atomic E-state index is 0.00610. The van der Waals surface area contributed by atoms with Crippen LogP contribution in [0.2, 0.25) is 0 Å². The molecule has 8 nitrogen and oxygen atoms in total. The van der Waals surface area contributed by atoms with Crippen molar-refractivity contribution in [3.05, 3.63) is 83.6 Å². The van der Waals surface area contributed by atoms with E-state index >= 15 is 0 Å². The van der Waals surface area contributed by atoms with E-state index in [-0.39, 0.29) is 24.8 Å². The molecular formula is C30H38N4O4. The number of piperazine rings is 1. The van der Waals surface area contributed by atoms with Gasteiger partial charge in [0, 0.05) is 31.3 Å². The summed E-state index contributed by atoms with van der Waals surface area (Å²) < 4.78 is 5.88. The number of allylic oxidation sites excluding steroid dienone is 1. The Bertz CT molecular complexity index is 1180. The zero-order valence-electron chi connectivity index (χ0n) is 22.5. The van der Waals surface area contributed by atoms with Gasteiger partial charge >= 0.3 is 0 Å². The SMILES string of the molecule is CCC1=CC(=O)C2(Cc3ccccc3)CN(C(=O)[C@@H](COCc3ccccc3)NC(=O)C(C)(C)N)CCN12. The maximum atomic E-state index is 13.9. The molecule has 3 N–H and O–H groups in total. The largest absolute Gasteiger partial charge is 0.374 e. The molecule has 2 aliphatic rings. The second-order valence-electron chi connectivity index (χ2n) is 10.7. The van der Waals surface area contributed by atoms with E-state index in [0.29, 0.717) is 26.1 Å². The van der Waals surface area contributed by atoms with E-state index in [4.69, 9.17) is 10.5 Å². The summed E-state index contributed by atoms with van der Waals surface area (Å²) in [6.45, 7) is 6.74. The molecule has 0 radical (unpaired) electrons. The lowest BCUT2D eigenvalue weighted by Gasteiger charge is -2.49. The quantitative estimate of drug-likeness (QED) is 0.501. The summed E-state index contributed by atoms with van der Waals surface area (Å²) in [4.78, 5) is 44.1. The summed E-state index contributed by atoms with van der Waals surface area (Å²) >= 11 is 0. The minimum atomic E-state index is -1.16. The molecule has 0 spiro atoms. The normalized spacial score (nSPS) is 20.1. The molecule has 8 heteroatoms. The highest BCUT2D eigenvalue weighted by Crippen LogP contribution is 2.37. The fourth-order valence-corrected chi connectivity index (χ4v) is 5.17. The number of nitrogens with one attached hydrogen (secondary N) is 1. The fraction of sp³-hybridized carbons (Fsp3) is 0.433. The molecule has 202 valence electrons. The first kappa shape index (κ1) is 27.5. The van der Waals surface area contributed by atoms with Gasteiger partial charge in [0.1, 0.15) is 11.6 Å². The fourth-order valence-electron chi connectivity index (χ4n) is 5.17. The maximum absolute atomic E-state index is 13.9. The van der Waals surface area contributed by atoms with Gasteiger partial charge in [0.15, 0.2) is 5.78 Å². The van der Waals surface area contributed by atoms with Crippen LogP contribution in [-0.2, 0) is 32.1 Å². The topological polar surface area (TPSA) is 105 Å². The van der Waals surface area contributed by atoms with Crippen LogP contribution in [0.4, 0.5) is 0 Å². The van der Waals surface area contributed by atoms with Crippen molar-refractivity contribution in [2.75, 3.05) is 26.2 Å². The summed E-state index contributed by atoms with van der Waals surface area (Å²) in [5.74, 6) is -0.705. The summed E-state index contributed by atoms with van der Waals surface area (Å²) in [5, 5.41) is 2.80. The van der Waals surface area contributed by atoms with Gasteiger partial charge in [-0.3, -0.25) is 14.4 Å². The van der Waals surface area contributed by atoms with Crippen molar-refractivity contribution >= 4 is 17.6 Å². The van der Waals surface area contributed by atoms with E-state index < -0.39 is 23.0 Å². The number of hydrogen-bond donors (Lipinski definition) is 2. The van der Waals surface area contributed by atoms with Gasteiger partial charge in [0.05, 0.1) is 25.3 Å². The number of hydrogen-bond acceptors (Lipinski definition) is 6. The number of ketones is 1. The molecule has 38 heavy (non-hydrogen) atoms. The number of fused-ring (bicyclic) bond motifs is 1. The minimum Gasteiger partial charge on any atom is -0.374 e. The van der Waals surface area contributed by atoms with Gasteiger partial charge in [-0.15, -0.1) is 0 Å². The molecule has 1 saturated heterocycles. The lowest BCUT2D eigenvalue weighted by atomic mass is 9.84. The zero-order chi connectivity index (χ0) is 27.3. The predicted octanol–water partition coefficient (Wildman–Crippen LogP) is 2.43. The molecule has 2 aromatic carbocycles. The molecule has 2 aromatic rings. The number of ether oxygens (including phenoxy) is 1. The van der Waals surface area contributed by atoms with E-state index in [1.165, 1.54) is 0 Å². The van der Waals surface area contributed by atoms with Crippen molar-refractivity contribution in [1.82, 2.24) is 15.1 Å². The summed E-state index contributed by atoms with van der Waals surface area (Å²) in [5.41, 5.74) is 6.99. The first-order valence-corrected chi connectivity index (χ1v) is 13.2. The van der Waals surface area contributed by atoms with E-state index in [2.05, 4.69) is 10.2 Å². The Labute approximate surface area is 224 Å². The van der Waals surface area contributed by atoms with Gasteiger partial charge in [-0.05, 0) is 31.4 Å². The lowest BCUT2D eigenvalue weighted by molar-refractivity contribution is -0.145. The predicted molar refractivity (Wildman–Crippen MR) is 146 cm³/mol. The van der Waals surface area contributed by atoms with Crippen molar-refractivity contribution in [1.29, 1.82) is 0 Å². The van der Waals surface area contributed by atoms with E-state index in [1.807, 2.05) is 67.6 Å². The maximum Gasteiger partial charge on any atom is 0.247 e. The Hall–Kier alpha value is -3.49. The number of carbonyl (C=O) groups excluding carboxylic acids is 3. The highest BCUT2D eigenvalue weighted by Gasteiger charge is 2.52. The molecule has 1 unspecified atom stereocenters. The standard InChI is InChI=1S/C30H38N4O4/c1-4-24-17-26(35)30(18-22-11-7-5-8-12-22)21-33(15-16-34(24)30)27(36)25(32-28(37)29(2,3)31)20-38-19-23-13-9-6-10-14-23/h5-14,17,25H,4,15-16,18-21,31H2,1-3H3,(H,32,37)/t25-,30?/m1/s1. The Morgan fingerprint density at radius 2 is 1.68 bits per heavy atom. The van der Waals surface area contributed by atoms with Gasteiger partial charge in [-0.25, -0.2) is 0 Å². The van der Waals surface area contributed by atoms with Crippen molar-refractivity contribution in [2.45, 2.75) is 57.3 Å². The van der Waals surface area contributed by atoms with E-state index in [9.17, 15) is 14.4 Å². The van der Waals surface area contributed by atoms with Gasteiger partial charge in [-0.1, -0.05) is 67.6 Å². The molecule has 2 amide bonds. The Kier molecular flexibility index (Phi) is 8.33. The number of nitrogens with two attached hydrogens (primary N) is 1. The molecule has 1 fully saturated rings. The Morgan fingerprint density at radius 1 is 1.05 bits per heavy atom. The van der Waals surface area contributed by atoms with Gasteiger partial charge in [0.25, 0.3) is 0 Å². The van der Waals surface area contributed by atoms with Crippen LogP contribution in [0.1, 0.15) is 38.3 Å². The third-order valence-electron chi connectivity index (χ3n) is 7.26. The molecular weight excluding hydrogens is 480 g/mol. The van der Waals surface area contributed by atoms with Crippen LogP contribution in [0.5, 0.6) is 0 Å². The van der Waals surface area contributed by atoms with Crippen LogP contribution in [0.3, 0.4) is 0 Å². The van der Waals surface area contributed by atoms with E-state index in [1.54, 1.807) is 24.8 Å². The van der Waals surface area contributed by atoms with Crippen LogP contribution in [0.15, 0.2) is 72.4 Å². The van der Waals surface area contributed by atoms with Crippen molar-refractivity contribution < 1.29 is 19.1 Å². The second kappa shape index (κ2) is 11.5. The number of carbonyl (C=O) groups is 3. The summed E-state index contributed by atoms with van der Waals surface area (Å²) in [7, 11) is 0. The number of rotatable bonds is 10. The molecule has 0 saturated carbocycles. The Balaban J connectivity index is 1.55. The van der Waals surface area contributed by atoms with Crippen LogP contribution in [-0.4, -0.2) is 70.8 Å². The third-order valence-corrected chi connectivity index (χ3v) is 7.26. The van der Waals surface area contributed by atoms with Crippen molar-refractivity contribution in [2.24, 2.45) is 5.73 Å². The zero-order valence-corrected chi connectivity index (χ0v) is 22.5. The van der Waals surface area contributed by atoms with Crippen LogP contribution in [0.25, 0.3) is 0 Å².